The molecule has 0 aliphatic carbocycles. The highest BCUT2D eigenvalue weighted by molar-refractivity contribution is 7.99. The Morgan fingerprint density at radius 1 is 1.27 bits per heavy atom. The molecule has 1 N–H and O–H groups in total. The fraction of sp³-hybridized carbons (Fsp3) is 0.235. The van der Waals surface area contributed by atoms with Crippen LogP contribution in [0.2, 0.25) is 0 Å². The molecule has 1 aromatic carbocycles. The SMILES string of the molecule is COc1cccc(CNC(=O)COC(=O)c2cccnc2SC(F)F)c1. The second-order valence-corrected chi connectivity index (χ2v) is 5.92. The molecule has 138 valence electrons. The summed E-state index contributed by atoms with van der Waals surface area (Å²) < 4.78 is 34.9. The predicted octanol–water partition coefficient (Wildman–Crippen LogP) is 2.88. The lowest BCUT2D eigenvalue weighted by Crippen LogP contribution is -2.28. The number of aromatic nitrogens is 1. The molecule has 0 bridgehead atoms. The van der Waals surface area contributed by atoms with E-state index in [4.69, 9.17) is 9.47 Å². The molecular weight excluding hydrogens is 366 g/mol. The van der Waals surface area contributed by atoms with Gasteiger partial charge in [-0.15, -0.1) is 0 Å². The molecule has 2 aromatic rings. The number of hydrogen-bond acceptors (Lipinski definition) is 6. The zero-order valence-electron chi connectivity index (χ0n) is 13.8. The van der Waals surface area contributed by atoms with Gasteiger partial charge in [0, 0.05) is 12.7 Å². The average Bonchev–Trinajstić information content (AvgIpc) is 2.64. The van der Waals surface area contributed by atoms with Gasteiger partial charge in [-0.1, -0.05) is 12.1 Å². The Bertz CT molecular complexity index is 774. The average molecular weight is 382 g/mol. The van der Waals surface area contributed by atoms with Gasteiger partial charge in [-0.05, 0) is 41.6 Å². The normalized spacial score (nSPS) is 10.5. The first-order chi connectivity index (χ1) is 12.5. The summed E-state index contributed by atoms with van der Waals surface area (Å²) in [5, 5.41) is 2.44. The highest BCUT2D eigenvalue weighted by atomic mass is 32.2. The van der Waals surface area contributed by atoms with Gasteiger partial charge >= 0.3 is 5.97 Å². The number of hydrogen-bond donors (Lipinski definition) is 1. The van der Waals surface area contributed by atoms with E-state index < -0.39 is 24.2 Å². The predicted molar refractivity (Wildman–Crippen MR) is 91.2 cm³/mol. The quantitative estimate of drug-likeness (QED) is 0.559. The molecule has 1 amide bonds. The molecule has 1 aromatic heterocycles. The van der Waals surface area contributed by atoms with Gasteiger partial charge in [0.2, 0.25) is 0 Å². The Hall–Kier alpha value is -2.68. The standard InChI is InChI=1S/C17H16F2N2O4S/c1-24-12-5-2-4-11(8-12)9-21-14(22)10-25-16(23)13-6-3-7-20-15(13)26-17(18)19/h2-8,17H,9-10H2,1H3,(H,21,22). The van der Waals surface area contributed by atoms with E-state index in [9.17, 15) is 18.4 Å². The third kappa shape index (κ3) is 5.99. The van der Waals surface area contributed by atoms with Crippen molar-refractivity contribution in [1.29, 1.82) is 0 Å². The van der Waals surface area contributed by atoms with Crippen LogP contribution < -0.4 is 10.1 Å². The third-order valence-electron chi connectivity index (χ3n) is 3.15. The van der Waals surface area contributed by atoms with Crippen LogP contribution in [0.1, 0.15) is 15.9 Å². The first-order valence-electron chi connectivity index (χ1n) is 7.46. The molecule has 0 unspecified atom stereocenters. The molecule has 6 nitrogen and oxygen atoms in total. The van der Waals surface area contributed by atoms with E-state index in [1.54, 1.807) is 24.3 Å². The van der Waals surface area contributed by atoms with E-state index in [1.165, 1.54) is 25.4 Å². The maximum atomic E-state index is 12.5. The van der Waals surface area contributed by atoms with Gasteiger partial charge < -0.3 is 14.8 Å². The van der Waals surface area contributed by atoms with Crippen molar-refractivity contribution in [1.82, 2.24) is 10.3 Å². The first kappa shape index (κ1) is 19.6. The van der Waals surface area contributed by atoms with E-state index in [2.05, 4.69) is 10.3 Å². The Morgan fingerprint density at radius 2 is 2.08 bits per heavy atom. The Kier molecular flexibility index (Phi) is 7.34. The number of carbonyl (C=O) groups excluding carboxylic acids is 2. The van der Waals surface area contributed by atoms with Crippen LogP contribution in [-0.4, -0.2) is 36.3 Å². The van der Waals surface area contributed by atoms with Crippen LogP contribution in [0.4, 0.5) is 8.78 Å². The zero-order chi connectivity index (χ0) is 18.9. The van der Waals surface area contributed by atoms with E-state index >= 15 is 0 Å². The summed E-state index contributed by atoms with van der Waals surface area (Å²) in [6.07, 6.45) is 1.29. The fourth-order valence-electron chi connectivity index (χ4n) is 1.97. The van der Waals surface area contributed by atoms with Crippen molar-refractivity contribution >= 4 is 23.6 Å². The van der Waals surface area contributed by atoms with Crippen LogP contribution in [0.25, 0.3) is 0 Å². The Morgan fingerprint density at radius 3 is 2.81 bits per heavy atom. The smallest absolute Gasteiger partial charge is 0.341 e. The van der Waals surface area contributed by atoms with Crippen LogP contribution in [0.3, 0.4) is 0 Å². The minimum Gasteiger partial charge on any atom is -0.497 e. The minimum absolute atomic E-state index is 0.113. The van der Waals surface area contributed by atoms with Crippen molar-refractivity contribution in [3.8, 4) is 5.75 Å². The number of halogens is 2. The second-order valence-electron chi connectivity index (χ2n) is 4.94. The van der Waals surface area contributed by atoms with Crippen LogP contribution in [0.15, 0.2) is 47.6 Å². The van der Waals surface area contributed by atoms with Gasteiger partial charge in [-0.2, -0.15) is 8.78 Å². The van der Waals surface area contributed by atoms with Crippen molar-refractivity contribution in [3.05, 3.63) is 53.7 Å². The van der Waals surface area contributed by atoms with E-state index in [0.717, 1.165) is 5.56 Å². The third-order valence-corrected chi connectivity index (χ3v) is 3.88. The number of nitrogens with zero attached hydrogens (tertiary/aromatic N) is 1. The number of ether oxygens (including phenoxy) is 2. The molecule has 0 saturated heterocycles. The van der Waals surface area contributed by atoms with Gasteiger partial charge in [0.15, 0.2) is 6.61 Å². The lowest BCUT2D eigenvalue weighted by molar-refractivity contribution is -0.124. The molecule has 0 radical (unpaired) electrons. The summed E-state index contributed by atoms with van der Waals surface area (Å²) in [5.74, 6) is -3.47. The van der Waals surface area contributed by atoms with Gasteiger partial charge in [0.25, 0.3) is 11.7 Å². The molecule has 0 fully saturated rings. The Labute approximate surface area is 152 Å². The van der Waals surface area contributed by atoms with E-state index in [1.807, 2.05) is 0 Å². The molecule has 0 aliphatic rings. The van der Waals surface area contributed by atoms with Gasteiger partial charge in [0.1, 0.15) is 10.8 Å². The summed E-state index contributed by atoms with van der Waals surface area (Å²) in [6, 6.07) is 9.86. The number of amides is 1. The monoisotopic (exact) mass is 382 g/mol. The number of pyridine rings is 1. The zero-order valence-corrected chi connectivity index (χ0v) is 14.6. The van der Waals surface area contributed by atoms with Crippen LogP contribution in [-0.2, 0) is 16.1 Å². The summed E-state index contributed by atoms with van der Waals surface area (Å²) in [5.41, 5.74) is 0.699. The number of carbonyl (C=O) groups is 2. The number of nitrogens with one attached hydrogen (secondary N) is 1. The van der Waals surface area contributed by atoms with Crippen molar-refractivity contribution in [3.63, 3.8) is 0 Å². The molecule has 26 heavy (non-hydrogen) atoms. The number of methoxy groups -OCH3 is 1. The van der Waals surface area contributed by atoms with Crippen molar-refractivity contribution < 1.29 is 27.8 Å². The number of benzene rings is 1. The van der Waals surface area contributed by atoms with Crippen molar-refractivity contribution in [2.24, 2.45) is 0 Å². The van der Waals surface area contributed by atoms with Crippen LogP contribution >= 0.6 is 11.8 Å². The highest BCUT2D eigenvalue weighted by Crippen LogP contribution is 2.26. The topological polar surface area (TPSA) is 77.5 Å². The first-order valence-corrected chi connectivity index (χ1v) is 8.34. The summed E-state index contributed by atoms with van der Waals surface area (Å²) in [4.78, 5) is 27.5. The van der Waals surface area contributed by atoms with Gasteiger partial charge in [-0.3, -0.25) is 4.79 Å². The molecule has 2 rings (SSSR count). The number of alkyl halides is 2. The van der Waals surface area contributed by atoms with Gasteiger partial charge in [0.05, 0.1) is 12.7 Å². The lowest BCUT2D eigenvalue weighted by atomic mass is 10.2. The van der Waals surface area contributed by atoms with Crippen LogP contribution in [0, 0.1) is 0 Å². The summed E-state index contributed by atoms with van der Waals surface area (Å²) in [6.45, 7) is -0.302. The Balaban J connectivity index is 1.86. The molecule has 9 heteroatoms. The summed E-state index contributed by atoms with van der Waals surface area (Å²) in [7, 11) is 1.54. The van der Waals surface area contributed by atoms with E-state index in [0.29, 0.717) is 5.75 Å². The molecule has 1 heterocycles. The number of esters is 1. The molecule has 0 spiro atoms. The summed E-state index contributed by atoms with van der Waals surface area (Å²) >= 11 is 0.141. The molecule has 0 aliphatic heterocycles. The molecule has 0 saturated carbocycles. The van der Waals surface area contributed by atoms with E-state index in [-0.39, 0.29) is 28.9 Å². The molecular formula is C17H16F2N2O4S. The van der Waals surface area contributed by atoms with Crippen molar-refractivity contribution in [2.45, 2.75) is 17.3 Å². The highest BCUT2D eigenvalue weighted by Gasteiger charge is 2.18. The number of thioether (sulfide) groups is 1. The minimum atomic E-state index is -2.72. The maximum Gasteiger partial charge on any atom is 0.341 e. The van der Waals surface area contributed by atoms with Crippen LogP contribution in [0.5, 0.6) is 5.75 Å². The second kappa shape index (κ2) is 9.71. The largest absolute Gasteiger partial charge is 0.497 e. The fourth-order valence-corrected chi connectivity index (χ4v) is 2.54. The number of rotatable bonds is 8. The molecule has 0 atom stereocenters. The maximum absolute atomic E-state index is 12.5. The van der Waals surface area contributed by atoms with Crippen molar-refractivity contribution in [2.75, 3.05) is 13.7 Å². The van der Waals surface area contributed by atoms with Gasteiger partial charge in [-0.25, -0.2) is 9.78 Å². The lowest BCUT2D eigenvalue weighted by Gasteiger charge is -2.09.